The van der Waals surface area contributed by atoms with E-state index in [1.807, 2.05) is 13.8 Å². The topological polar surface area (TPSA) is 115 Å². The summed E-state index contributed by atoms with van der Waals surface area (Å²) in [5, 5.41) is 3.85. The molecule has 0 N–H and O–H groups in total. The van der Waals surface area contributed by atoms with E-state index in [-0.39, 0.29) is 36.0 Å². The molecule has 158 valence electrons. The summed E-state index contributed by atoms with van der Waals surface area (Å²) in [6.45, 7) is 3.52. The fraction of sp³-hybridized carbons (Fsp3) is 0.273. The molecular weight excluding hydrogens is 400 g/mol. The van der Waals surface area contributed by atoms with Gasteiger partial charge in [0, 0.05) is 18.0 Å². The van der Waals surface area contributed by atoms with Gasteiger partial charge in [0.05, 0.1) is 11.1 Å². The number of esters is 1. The Morgan fingerprint density at radius 2 is 1.81 bits per heavy atom. The number of hydrogen-bond donors (Lipinski definition) is 0. The molecular formula is C22H20N4O5. The third-order valence-corrected chi connectivity index (χ3v) is 4.83. The molecule has 2 amide bonds. The lowest BCUT2D eigenvalue weighted by atomic mass is 10.0. The van der Waals surface area contributed by atoms with Crippen LogP contribution in [0.15, 0.2) is 53.3 Å². The molecule has 0 radical (unpaired) electrons. The van der Waals surface area contributed by atoms with E-state index in [2.05, 4.69) is 15.1 Å². The van der Waals surface area contributed by atoms with Crippen molar-refractivity contribution < 1.29 is 23.6 Å². The number of fused-ring (bicyclic) bond motifs is 1. The summed E-state index contributed by atoms with van der Waals surface area (Å²) in [6, 6.07) is 8.97. The van der Waals surface area contributed by atoms with Crippen LogP contribution in [0.3, 0.4) is 0 Å². The van der Waals surface area contributed by atoms with Crippen molar-refractivity contribution in [2.75, 3.05) is 0 Å². The van der Waals surface area contributed by atoms with Gasteiger partial charge in [-0.2, -0.15) is 4.98 Å². The maximum atomic E-state index is 12.9. The van der Waals surface area contributed by atoms with Gasteiger partial charge in [0.15, 0.2) is 6.61 Å². The first-order valence-electron chi connectivity index (χ1n) is 9.82. The van der Waals surface area contributed by atoms with Crippen LogP contribution < -0.4 is 0 Å². The smallest absolute Gasteiger partial charge is 0.329 e. The number of rotatable bonds is 7. The van der Waals surface area contributed by atoms with Gasteiger partial charge in [-0.3, -0.25) is 19.5 Å². The van der Waals surface area contributed by atoms with E-state index in [1.54, 1.807) is 48.8 Å². The first-order valence-corrected chi connectivity index (χ1v) is 9.82. The lowest BCUT2D eigenvalue weighted by molar-refractivity contribution is -0.151. The summed E-state index contributed by atoms with van der Waals surface area (Å²) in [5.74, 6) is -1.25. The van der Waals surface area contributed by atoms with Crippen molar-refractivity contribution in [3.63, 3.8) is 0 Å². The molecule has 1 aliphatic rings. The van der Waals surface area contributed by atoms with Gasteiger partial charge in [-0.05, 0) is 36.6 Å². The van der Waals surface area contributed by atoms with Gasteiger partial charge < -0.3 is 9.26 Å². The molecule has 9 heteroatoms. The number of nitrogens with zero attached hydrogens (tertiary/aromatic N) is 4. The second-order valence-electron chi connectivity index (χ2n) is 7.53. The summed E-state index contributed by atoms with van der Waals surface area (Å²) >= 11 is 0. The fourth-order valence-corrected chi connectivity index (χ4v) is 3.40. The molecule has 3 aromatic rings. The van der Waals surface area contributed by atoms with Gasteiger partial charge >= 0.3 is 5.97 Å². The van der Waals surface area contributed by atoms with Crippen LogP contribution in [0.4, 0.5) is 0 Å². The minimum atomic E-state index is -1.05. The number of ether oxygens (including phenoxy) is 1. The molecule has 0 saturated heterocycles. The molecule has 0 spiro atoms. The van der Waals surface area contributed by atoms with E-state index >= 15 is 0 Å². The molecule has 1 atom stereocenters. The monoisotopic (exact) mass is 420 g/mol. The van der Waals surface area contributed by atoms with Gasteiger partial charge in [-0.1, -0.05) is 31.1 Å². The molecule has 0 saturated carbocycles. The van der Waals surface area contributed by atoms with Crippen molar-refractivity contribution >= 4 is 17.8 Å². The van der Waals surface area contributed by atoms with E-state index in [4.69, 9.17) is 9.26 Å². The molecule has 0 bridgehead atoms. The van der Waals surface area contributed by atoms with Crippen LogP contribution >= 0.6 is 0 Å². The normalized spacial score (nSPS) is 14.1. The number of hydrogen-bond acceptors (Lipinski definition) is 8. The van der Waals surface area contributed by atoms with E-state index in [9.17, 15) is 14.4 Å². The summed E-state index contributed by atoms with van der Waals surface area (Å²) in [7, 11) is 0. The summed E-state index contributed by atoms with van der Waals surface area (Å²) in [5.41, 5.74) is 1.23. The third-order valence-electron chi connectivity index (χ3n) is 4.83. The van der Waals surface area contributed by atoms with Crippen molar-refractivity contribution in [2.45, 2.75) is 32.9 Å². The highest BCUT2D eigenvalue weighted by molar-refractivity contribution is 6.22. The number of carbonyl (C=O) groups excluding carboxylic acids is 3. The highest BCUT2D eigenvalue weighted by Gasteiger charge is 2.43. The molecule has 1 aromatic carbocycles. The summed E-state index contributed by atoms with van der Waals surface area (Å²) in [6.07, 6.45) is 3.48. The zero-order chi connectivity index (χ0) is 22.0. The van der Waals surface area contributed by atoms with Crippen LogP contribution in [0, 0.1) is 5.92 Å². The quantitative estimate of drug-likeness (QED) is 0.423. The maximum Gasteiger partial charge on any atom is 0.329 e. The van der Waals surface area contributed by atoms with Gasteiger partial charge in [0.1, 0.15) is 6.04 Å². The van der Waals surface area contributed by atoms with Crippen LogP contribution in [0.2, 0.25) is 0 Å². The second kappa shape index (κ2) is 8.47. The molecule has 0 aliphatic carbocycles. The molecule has 1 aliphatic heterocycles. The number of benzene rings is 1. The fourth-order valence-electron chi connectivity index (χ4n) is 3.40. The van der Waals surface area contributed by atoms with Crippen molar-refractivity contribution in [3.8, 4) is 11.4 Å². The Hall–Kier alpha value is -3.88. The minimum Gasteiger partial charge on any atom is -0.454 e. The average molecular weight is 420 g/mol. The van der Waals surface area contributed by atoms with Gasteiger partial charge in [-0.25, -0.2) is 4.79 Å². The van der Waals surface area contributed by atoms with E-state index in [1.165, 1.54) is 0 Å². The molecule has 1 unspecified atom stereocenters. The molecule has 31 heavy (non-hydrogen) atoms. The zero-order valence-electron chi connectivity index (χ0n) is 17.0. The summed E-state index contributed by atoms with van der Waals surface area (Å²) < 4.78 is 10.5. The number of amides is 2. The van der Waals surface area contributed by atoms with Crippen LogP contribution in [-0.4, -0.2) is 43.9 Å². The molecule has 9 nitrogen and oxygen atoms in total. The lowest BCUT2D eigenvalue weighted by Crippen LogP contribution is -2.46. The van der Waals surface area contributed by atoms with E-state index in [0.717, 1.165) is 4.90 Å². The number of imide groups is 1. The first kappa shape index (κ1) is 20.4. The van der Waals surface area contributed by atoms with Crippen LogP contribution in [0.5, 0.6) is 0 Å². The Morgan fingerprint density at radius 3 is 2.42 bits per heavy atom. The van der Waals surface area contributed by atoms with Gasteiger partial charge in [0.2, 0.25) is 5.82 Å². The number of aromatic nitrogens is 3. The SMILES string of the molecule is CC(C)CC(C(=O)OCc1nc(-c2cccnc2)no1)N1C(=O)c2ccccc2C1=O. The van der Waals surface area contributed by atoms with Crippen molar-refractivity contribution in [1.82, 2.24) is 20.0 Å². The summed E-state index contributed by atoms with van der Waals surface area (Å²) in [4.78, 5) is 47.7. The van der Waals surface area contributed by atoms with Crippen LogP contribution in [-0.2, 0) is 16.1 Å². The Bertz CT molecular complexity index is 1090. The predicted molar refractivity (Wildman–Crippen MR) is 108 cm³/mol. The first-order chi connectivity index (χ1) is 15.0. The Labute approximate surface area is 178 Å². The maximum absolute atomic E-state index is 12.9. The van der Waals surface area contributed by atoms with Crippen LogP contribution in [0.1, 0.15) is 46.9 Å². The average Bonchev–Trinajstić information content (AvgIpc) is 3.35. The molecule has 4 rings (SSSR count). The van der Waals surface area contributed by atoms with E-state index < -0.39 is 23.8 Å². The minimum absolute atomic E-state index is 0.0439. The molecule has 2 aromatic heterocycles. The zero-order valence-corrected chi connectivity index (χ0v) is 17.0. The van der Waals surface area contributed by atoms with Crippen LogP contribution in [0.25, 0.3) is 11.4 Å². The Morgan fingerprint density at radius 1 is 1.10 bits per heavy atom. The second-order valence-corrected chi connectivity index (χ2v) is 7.53. The number of carbonyl (C=O) groups is 3. The van der Waals surface area contributed by atoms with E-state index in [0.29, 0.717) is 11.4 Å². The molecule has 0 fully saturated rings. The van der Waals surface area contributed by atoms with Gasteiger partial charge in [0.25, 0.3) is 17.7 Å². The Balaban J connectivity index is 1.49. The van der Waals surface area contributed by atoms with Gasteiger partial charge in [-0.15, -0.1) is 0 Å². The largest absolute Gasteiger partial charge is 0.454 e. The highest BCUT2D eigenvalue weighted by Crippen LogP contribution is 2.27. The Kier molecular flexibility index (Phi) is 5.57. The number of pyridine rings is 1. The highest BCUT2D eigenvalue weighted by atomic mass is 16.6. The third kappa shape index (κ3) is 4.07. The van der Waals surface area contributed by atoms with Crippen molar-refractivity contribution in [2.24, 2.45) is 5.92 Å². The van der Waals surface area contributed by atoms with Crippen molar-refractivity contribution in [3.05, 3.63) is 65.8 Å². The predicted octanol–water partition coefficient (Wildman–Crippen LogP) is 2.89. The standard InChI is InChI=1S/C22H20N4O5/c1-13(2)10-17(26-20(27)15-7-3-4-8-16(15)21(26)28)22(29)30-12-18-24-19(25-31-18)14-6-5-9-23-11-14/h3-9,11,13,17H,10,12H2,1-2H3. The lowest BCUT2D eigenvalue weighted by Gasteiger charge is -2.25. The molecule has 3 heterocycles. The van der Waals surface area contributed by atoms with Crippen molar-refractivity contribution in [1.29, 1.82) is 0 Å².